The number of benzene rings is 1. The molecule has 0 saturated heterocycles. The van der Waals surface area contributed by atoms with Gasteiger partial charge in [0.2, 0.25) is 0 Å². The molecule has 0 fully saturated rings. The molecule has 1 aromatic carbocycles. The zero-order valence-electron chi connectivity index (χ0n) is 11.4. The van der Waals surface area contributed by atoms with E-state index in [0.717, 1.165) is 6.54 Å². The summed E-state index contributed by atoms with van der Waals surface area (Å²) in [6.45, 7) is 8.37. The molecule has 18 heavy (non-hydrogen) atoms. The van der Waals surface area contributed by atoms with Gasteiger partial charge in [-0.15, -0.1) is 0 Å². The summed E-state index contributed by atoms with van der Waals surface area (Å²) >= 11 is 0. The molecule has 3 heteroatoms. The van der Waals surface area contributed by atoms with E-state index in [2.05, 4.69) is 55.8 Å². The monoisotopic (exact) mass is 246 g/mol. The molecule has 0 aliphatic heterocycles. The van der Waals surface area contributed by atoms with Gasteiger partial charge in [0.15, 0.2) is 0 Å². The average molecular weight is 246 g/mol. The number of nitrogens with zero attached hydrogens (tertiary/aromatic N) is 1. The molecule has 0 aliphatic carbocycles. The van der Waals surface area contributed by atoms with Crippen LogP contribution in [0.5, 0.6) is 0 Å². The summed E-state index contributed by atoms with van der Waals surface area (Å²) in [5, 5.41) is 1.24. The van der Waals surface area contributed by atoms with Crippen LogP contribution >= 0.6 is 0 Å². The molecule has 3 nitrogen and oxygen atoms in total. The van der Waals surface area contributed by atoms with Crippen molar-refractivity contribution in [2.24, 2.45) is 5.73 Å². The van der Waals surface area contributed by atoms with Crippen LogP contribution in [0.4, 0.5) is 0 Å². The second-order valence-electron chi connectivity index (χ2n) is 5.53. The van der Waals surface area contributed by atoms with Gasteiger partial charge in [-0.3, -0.25) is 0 Å². The Kier molecular flexibility index (Phi) is 3.73. The summed E-state index contributed by atoms with van der Waals surface area (Å²) in [7, 11) is 0. The number of aromatic nitrogens is 1. The van der Waals surface area contributed by atoms with Crippen molar-refractivity contribution in [1.29, 1.82) is 0 Å². The molecule has 2 aromatic rings. The fourth-order valence-electron chi connectivity index (χ4n) is 2.14. The van der Waals surface area contributed by atoms with Gasteiger partial charge in [0.05, 0.1) is 17.7 Å². The van der Waals surface area contributed by atoms with Gasteiger partial charge in [-0.2, -0.15) is 0 Å². The Morgan fingerprint density at radius 3 is 2.67 bits per heavy atom. The third kappa shape index (κ3) is 2.92. The van der Waals surface area contributed by atoms with Crippen LogP contribution in [0.1, 0.15) is 26.3 Å². The quantitative estimate of drug-likeness (QED) is 0.901. The predicted molar refractivity (Wildman–Crippen MR) is 75.5 cm³/mol. The summed E-state index contributed by atoms with van der Waals surface area (Å²) < 4.78 is 8.00. The maximum Gasteiger partial charge on any atom is 0.0652 e. The topological polar surface area (TPSA) is 40.2 Å². The molecule has 0 spiro atoms. The summed E-state index contributed by atoms with van der Waals surface area (Å²) in [5.41, 5.74) is 8.14. The van der Waals surface area contributed by atoms with Crippen LogP contribution in [0.2, 0.25) is 0 Å². The van der Waals surface area contributed by atoms with Crippen LogP contribution in [0.3, 0.4) is 0 Å². The first-order valence-corrected chi connectivity index (χ1v) is 6.42. The second-order valence-corrected chi connectivity index (χ2v) is 5.53. The number of rotatable bonds is 4. The fourth-order valence-corrected chi connectivity index (χ4v) is 2.14. The maximum atomic E-state index is 5.80. The first kappa shape index (κ1) is 13.1. The molecule has 0 atom stereocenters. The fraction of sp³-hybridized carbons (Fsp3) is 0.467. The lowest BCUT2D eigenvalue weighted by molar-refractivity contribution is -0.00645. The van der Waals surface area contributed by atoms with E-state index in [1.807, 2.05) is 0 Å². The maximum absolute atomic E-state index is 5.80. The van der Waals surface area contributed by atoms with Gasteiger partial charge in [0.25, 0.3) is 0 Å². The lowest BCUT2D eigenvalue weighted by Crippen LogP contribution is -2.21. The van der Waals surface area contributed by atoms with Crippen molar-refractivity contribution in [1.82, 2.24) is 4.57 Å². The molecule has 0 radical (unpaired) electrons. The van der Waals surface area contributed by atoms with E-state index in [1.165, 1.54) is 16.5 Å². The number of ether oxygens (including phenoxy) is 1. The molecule has 0 aliphatic rings. The number of hydrogen-bond acceptors (Lipinski definition) is 2. The van der Waals surface area contributed by atoms with Gasteiger partial charge in [-0.1, -0.05) is 18.2 Å². The Labute approximate surface area is 109 Å². The minimum Gasteiger partial charge on any atom is -0.374 e. The summed E-state index contributed by atoms with van der Waals surface area (Å²) in [6, 6.07) is 8.39. The number of hydrogen-bond donors (Lipinski definition) is 1. The third-order valence-corrected chi connectivity index (χ3v) is 2.96. The highest BCUT2D eigenvalue weighted by Crippen LogP contribution is 2.20. The van der Waals surface area contributed by atoms with E-state index in [9.17, 15) is 0 Å². The van der Waals surface area contributed by atoms with Crippen molar-refractivity contribution in [3.63, 3.8) is 0 Å². The van der Waals surface area contributed by atoms with Crippen LogP contribution in [0, 0.1) is 0 Å². The molecule has 2 rings (SSSR count). The van der Waals surface area contributed by atoms with Crippen molar-refractivity contribution in [2.45, 2.75) is 39.5 Å². The molecular formula is C15H22N2O. The van der Waals surface area contributed by atoms with E-state index >= 15 is 0 Å². The minimum absolute atomic E-state index is 0.0837. The lowest BCUT2D eigenvalue weighted by atomic mass is 10.1. The largest absolute Gasteiger partial charge is 0.374 e. The Morgan fingerprint density at radius 2 is 2.00 bits per heavy atom. The number of nitrogens with two attached hydrogens (primary N) is 1. The molecule has 1 aromatic heterocycles. The summed E-state index contributed by atoms with van der Waals surface area (Å²) in [4.78, 5) is 0. The minimum atomic E-state index is -0.0837. The lowest BCUT2D eigenvalue weighted by Gasteiger charge is -2.20. The highest BCUT2D eigenvalue weighted by Gasteiger charge is 2.10. The molecule has 0 unspecified atom stereocenters. The molecular weight excluding hydrogens is 224 g/mol. The zero-order valence-corrected chi connectivity index (χ0v) is 11.4. The van der Waals surface area contributed by atoms with Crippen LogP contribution in [0.25, 0.3) is 10.9 Å². The Balaban J connectivity index is 2.18. The zero-order chi connectivity index (χ0) is 13.2. The van der Waals surface area contributed by atoms with Gasteiger partial charge >= 0.3 is 0 Å². The van der Waals surface area contributed by atoms with Crippen molar-refractivity contribution >= 4 is 10.9 Å². The van der Waals surface area contributed by atoms with E-state index in [1.54, 1.807) is 0 Å². The van der Waals surface area contributed by atoms with Crippen molar-refractivity contribution < 1.29 is 4.74 Å². The van der Waals surface area contributed by atoms with Crippen LogP contribution in [-0.2, 0) is 17.8 Å². The van der Waals surface area contributed by atoms with Crippen molar-refractivity contribution in [2.75, 3.05) is 6.61 Å². The van der Waals surface area contributed by atoms with E-state index in [4.69, 9.17) is 10.5 Å². The molecule has 0 amide bonds. The highest BCUT2D eigenvalue weighted by molar-refractivity contribution is 5.83. The van der Waals surface area contributed by atoms with E-state index in [0.29, 0.717) is 13.2 Å². The number of fused-ring (bicyclic) bond motifs is 1. The third-order valence-electron chi connectivity index (χ3n) is 2.96. The average Bonchev–Trinajstić information content (AvgIpc) is 2.71. The standard InChI is InChI=1S/C15H22N2O/c1-15(2,3)18-10-9-17-8-7-12-5-4-6-13(11-16)14(12)17/h4-8H,9-11,16H2,1-3H3. The molecule has 0 bridgehead atoms. The SMILES string of the molecule is CC(C)(C)OCCn1ccc2cccc(CN)c21. The van der Waals surface area contributed by atoms with Crippen LogP contribution in [-0.4, -0.2) is 16.8 Å². The first-order chi connectivity index (χ1) is 8.51. The Bertz CT molecular complexity index is 523. The molecule has 0 saturated carbocycles. The second kappa shape index (κ2) is 5.12. The number of para-hydroxylation sites is 1. The first-order valence-electron chi connectivity index (χ1n) is 6.42. The Morgan fingerprint density at radius 1 is 1.22 bits per heavy atom. The van der Waals surface area contributed by atoms with Crippen molar-refractivity contribution in [3.8, 4) is 0 Å². The van der Waals surface area contributed by atoms with Crippen molar-refractivity contribution in [3.05, 3.63) is 36.0 Å². The van der Waals surface area contributed by atoms with E-state index in [-0.39, 0.29) is 5.60 Å². The normalized spacial score (nSPS) is 12.2. The van der Waals surface area contributed by atoms with Crippen LogP contribution < -0.4 is 5.73 Å². The van der Waals surface area contributed by atoms with E-state index < -0.39 is 0 Å². The summed E-state index contributed by atoms with van der Waals surface area (Å²) in [5.74, 6) is 0. The van der Waals surface area contributed by atoms with Gasteiger partial charge in [0, 0.05) is 19.3 Å². The highest BCUT2D eigenvalue weighted by atomic mass is 16.5. The van der Waals surface area contributed by atoms with Gasteiger partial charge in [0.1, 0.15) is 0 Å². The summed E-state index contributed by atoms with van der Waals surface area (Å²) in [6.07, 6.45) is 2.11. The predicted octanol–water partition coefficient (Wildman–Crippen LogP) is 2.92. The molecule has 98 valence electrons. The Hall–Kier alpha value is -1.32. The van der Waals surface area contributed by atoms with Gasteiger partial charge in [-0.25, -0.2) is 0 Å². The molecule has 2 N–H and O–H groups in total. The van der Waals surface area contributed by atoms with Crippen LogP contribution in [0.15, 0.2) is 30.5 Å². The van der Waals surface area contributed by atoms with Gasteiger partial charge < -0.3 is 15.0 Å². The van der Waals surface area contributed by atoms with Gasteiger partial charge in [-0.05, 0) is 37.8 Å². The smallest absolute Gasteiger partial charge is 0.0652 e. The molecule has 1 heterocycles.